The first kappa shape index (κ1) is 14.4. The number of ether oxygens (including phenoxy) is 1. The molecule has 1 aliphatic carbocycles. The molecule has 0 aromatic heterocycles. The second kappa shape index (κ2) is 5.72. The summed E-state index contributed by atoms with van der Waals surface area (Å²) in [5, 5.41) is 0. The fraction of sp³-hybridized carbons (Fsp3) is 0.167. The van der Waals surface area contributed by atoms with E-state index in [9.17, 15) is 13.6 Å². The van der Waals surface area contributed by atoms with Crippen molar-refractivity contribution in [2.45, 2.75) is 12.8 Å². The van der Waals surface area contributed by atoms with Gasteiger partial charge in [0.2, 0.25) is 0 Å². The summed E-state index contributed by atoms with van der Waals surface area (Å²) < 4.78 is 31.4. The van der Waals surface area contributed by atoms with E-state index in [1.807, 2.05) is 6.07 Å². The van der Waals surface area contributed by atoms with E-state index in [0.717, 1.165) is 23.4 Å². The zero-order chi connectivity index (χ0) is 15.7. The maximum absolute atomic E-state index is 13.2. The summed E-state index contributed by atoms with van der Waals surface area (Å²) in [7, 11) is 1.58. The van der Waals surface area contributed by atoms with Crippen LogP contribution >= 0.6 is 0 Å². The summed E-state index contributed by atoms with van der Waals surface area (Å²) in [6.45, 7) is 0. The van der Waals surface area contributed by atoms with Crippen molar-refractivity contribution in [1.82, 2.24) is 0 Å². The number of Topliss-reactive ketones (excluding diaryl/α,β-unsaturated/α-hetero) is 1. The van der Waals surface area contributed by atoms with E-state index in [1.165, 1.54) is 6.07 Å². The van der Waals surface area contributed by atoms with Crippen LogP contribution in [0, 0.1) is 11.6 Å². The van der Waals surface area contributed by atoms with Gasteiger partial charge in [-0.05, 0) is 60.4 Å². The first-order valence-electron chi connectivity index (χ1n) is 6.95. The maximum atomic E-state index is 13.2. The third-order valence-corrected chi connectivity index (χ3v) is 3.80. The number of benzene rings is 2. The van der Waals surface area contributed by atoms with Crippen molar-refractivity contribution in [3.8, 4) is 5.75 Å². The first-order valence-corrected chi connectivity index (χ1v) is 6.95. The molecular formula is C18H14F2O2. The lowest BCUT2D eigenvalue weighted by atomic mass is 9.86. The Morgan fingerprint density at radius 3 is 2.59 bits per heavy atom. The number of halogens is 2. The van der Waals surface area contributed by atoms with E-state index in [1.54, 1.807) is 25.3 Å². The SMILES string of the molecule is COc1ccc2c(c1)CC/C(=C\c1ccc(F)c(F)c1)C2=O. The van der Waals surface area contributed by atoms with Gasteiger partial charge in [-0.2, -0.15) is 0 Å². The van der Waals surface area contributed by atoms with E-state index < -0.39 is 11.6 Å². The monoisotopic (exact) mass is 300 g/mol. The molecule has 0 bridgehead atoms. The molecular weight excluding hydrogens is 286 g/mol. The number of hydrogen-bond donors (Lipinski definition) is 0. The number of carbonyl (C=O) groups excluding carboxylic acids is 1. The summed E-state index contributed by atoms with van der Waals surface area (Å²) in [6, 6.07) is 8.97. The van der Waals surface area contributed by atoms with Crippen molar-refractivity contribution >= 4 is 11.9 Å². The molecule has 0 amide bonds. The number of fused-ring (bicyclic) bond motifs is 1. The largest absolute Gasteiger partial charge is 0.497 e. The van der Waals surface area contributed by atoms with Crippen molar-refractivity contribution in [3.63, 3.8) is 0 Å². The third kappa shape index (κ3) is 2.64. The summed E-state index contributed by atoms with van der Waals surface area (Å²) in [4.78, 5) is 12.5. The van der Waals surface area contributed by atoms with Gasteiger partial charge >= 0.3 is 0 Å². The van der Waals surface area contributed by atoms with Crippen molar-refractivity contribution in [2.75, 3.05) is 7.11 Å². The maximum Gasteiger partial charge on any atom is 0.189 e. The molecule has 1 aliphatic rings. The van der Waals surface area contributed by atoms with Gasteiger partial charge in [0.1, 0.15) is 5.75 Å². The predicted molar refractivity (Wildman–Crippen MR) is 80.0 cm³/mol. The summed E-state index contributed by atoms with van der Waals surface area (Å²) in [5.41, 5.74) is 2.68. The zero-order valence-electron chi connectivity index (χ0n) is 12.0. The molecule has 22 heavy (non-hydrogen) atoms. The van der Waals surface area contributed by atoms with E-state index in [0.29, 0.717) is 29.5 Å². The standard InChI is InChI=1S/C18H14F2O2/c1-22-14-5-6-15-12(10-14)3-4-13(18(15)21)8-11-2-7-16(19)17(20)9-11/h2,5-10H,3-4H2,1H3/b13-8+. The van der Waals surface area contributed by atoms with Crippen LogP contribution < -0.4 is 4.74 Å². The zero-order valence-corrected chi connectivity index (χ0v) is 12.0. The number of aryl methyl sites for hydroxylation is 1. The number of rotatable bonds is 2. The Balaban J connectivity index is 1.95. The Labute approximate surface area is 127 Å². The molecule has 112 valence electrons. The molecule has 2 nitrogen and oxygen atoms in total. The Kier molecular flexibility index (Phi) is 3.75. The lowest BCUT2D eigenvalue weighted by Crippen LogP contribution is -2.14. The summed E-state index contributed by atoms with van der Waals surface area (Å²) in [6.07, 6.45) is 2.91. The van der Waals surface area contributed by atoms with Gasteiger partial charge in [0.05, 0.1) is 7.11 Å². The van der Waals surface area contributed by atoms with Gasteiger partial charge in [0.25, 0.3) is 0 Å². The third-order valence-electron chi connectivity index (χ3n) is 3.80. The van der Waals surface area contributed by atoms with Crippen LogP contribution in [0.25, 0.3) is 6.08 Å². The highest BCUT2D eigenvalue weighted by Crippen LogP contribution is 2.29. The Morgan fingerprint density at radius 2 is 1.86 bits per heavy atom. The molecule has 0 heterocycles. The number of hydrogen-bond acceptors (Lipinski definition) is 2. The van der Waals surface area contributed by atoms with Crippen molar-refractivity contribution < 1.29 is 18.3 Å². The fourth-order valence-corrected chi connectivity index (χ4v) is 2.62. The van der Waals surface area contributed by atoms with E-state index in [4.69, 9.17) is 4.74 Å². The molecule has 2 aromatic rings. The van der Waals surface area contributed by atoms with Gasteiger partial charge in [-0.3, -0.25) is 4.79 Å². The van der Waals surface area contributed by atoms with Crippen LogP contribution in [0.5, 0.6) is 5.75 Å². The van der Waals surface area contributed by atoms with Crippen LogP contribution in [0.1, 0.15) is 27.9 Å². The van der Waals surface area contributed by atoms with Gasteiger partial charge in [-0.1, -0.05) is 6.07 Å². The van der Waals surface area contributed by atoms with Crippen LogP contribution in [-0.2, 0) is 6.42 Å². The lowest BCUT2D eigenvalue weighted by molar-refractivity contribution is 0.102. The topological polar surface area (TPSA) is 26.3 Å². The van der Waals surface area contributed by atoms with Gasteiger partial charge in [0.15, 0.2) is 17.4 Å². The van der Waals surface area contributed by atoms with E-state index in [-0.39, 0.29) is 5.78 Å². The highest BCUT2D eigenvalue weighted by atomic mass is 19.2. The quantitative estimate of drug-likeness (QED) is 0.778. The van der Waals surface area contributed by atoms with E-state index in [2.05, 4.69) is 0 Å². The Hall–Kier alpha value is -2.49. The molecule has 4 heteroatoms. The summed E-state index contributed by atoms with van der Waals surface area (Å²) in [5.74, 6) is -1.16. The first-order chi connectivity index (χ1) is 10.6. The molecule has 2 aromatic carbocycles. The van der Waals surface area contributed by atoms with Crippen LogP contribution in [-0.4, -0.2) is 12.9 Å². The average Bonchev–Trinajstić information content (AvgIpc) is 2.53. The lowest BCUT2D eigenvalue weighted by Gasteiger charge is -2.18. The molecule has 0 saturated carbocycles. The van der Waals surface area contributed by atoms with Crippen LogP contribution in [0.2, 0.25) is 0 Å². The molecule has 0 spiro atoms. The molecule has 0 atom stereocenters. The second-order valence-corrected chi connectivity index (χ2v) is 5.20. The van der Waals surface area contributed by atoms with Gasteiger partial charge in [0, 0.05) is 11.1 Å². The normalized spacial score (nSPS) is 15.8. The minimum atomic E-state index is -0.914. The molecule has 0 radical (unpaired) electrons. The van der Waals surface area contributed by atoms with Crippen molar-refractivity contribution in [3.05, 3.63) is 70.3 Å². The predicted octanol–water partition coefficient (Wildman–Crippen LogP) is 4.19. The molecule has 0 aliphatic heterocycles. The van der Waals surface area contributed by atoms with Crippen LogP contribution in [0.4, 0.5) is 8.78 Å². The second-order valence-electron chi connectivity index (χ2n) is 5.20. The Morgan fingerprint density at radius 1 is 1.05 bits per heavy atom. The number of allylic oxidation sites excluding steroid dienone is 1. The van der Waals surface area contributed by atoms with Crippen molar-refractivity contribution in [2.24, 2.45) is 0 Å². The number of methoxy groups -OCH3 is 1. The highest BCUT2D eigenvalue weighted by Gasteiger charge is 2.22. The van der Waals surface area contributed by atoms with Crippen molar-refractivity contribution in [1.29, 1.82) is 0 Å². The number of carbonyl (C=O) groups is 1. The average molecular weight is 300 g/mol. The van der Waals surface area contributed by atoms with Gasteiger partial charge < -0.3 is 4.74 Å². The van der Waals surface area contributed by atoms with Gasteiger partial charge in [-0.25, -0.2) is 8.78 Å². The highest BCUT2D eigenvalue weighted by molar-refractivity contribution is 6.13. The van der Waals surface area contributed by atoms with E-state index >= 15 is 0 Å². The van der Waals surface area contributed by atoms with Gasteiger partial charge in [-0.15, -0.1) is 0 Å². The minimum Gasteiger partial charge on any atom is -0.497 e. The summed E-state index contributed by atoms with van der Waals surface area (Å²) >= 11 is 0. The molecule has 0 saturated heterocycles. The molecule has 0 unspecified atom stereocenters. The smallest absolute Gasteiger partial charge is 0.189 e. The molecule has 0 fully saturated rings. The molecule has 0 N–H and O–H groups in total. The number of ketones is 1. The fourth-order valence-electron chi connectivity index (χ4n) is 2.62. The van der Waals surface area contributed by atoms with Crippen LogP contribution in [0.3, 0.4) is 0 Å². The Bertz CT molecular complexity index is 779. The molecule has 3 rings (SSSR count). The minimum absolute atomic E-state index is 0.0753. The van der Waals surface area contributed by atoms with Crippen LogP contribution in [0.15, 0.2) is 42.0 Å².